The fraction of sp³-hybridized carbons (Fsp3) is 0.467. The molecule has 2 nitrogen and oxygen atoms in total. The maximum absolute atomic E-state index is 3.98. The summed E-state index contributed by atoms with van der Waals surface area (Å²) in [7, 11) is 0. The molecule has 1 aliphatic heterocycles. The summed E-state index contributed by atoms with van der Waals surface area (Å²) in [6, 6.07) is 11.8. The third kappa shape index (κ3) is 3.44. The summed E-state index contributed by atoms with van der Waals surface area (Å²) >= 11 is 3.50. The van der Waals surface area contributed by atoms with Crippen molar-refractivity contribution in [1.82, 2.24) is 10.2 Å². The smallest absolute Gasteiger partial charge is 0.0477 e. The van der Waals surface area contributed by atoms with Crippen molar-refractivity contribution < 1.29 is 0 Å². The first-order chi connectivity index (χ1) is 8.70. The van der Waals surface area contributed by atoms with Crippen LogP contribution in [0.25, 0.3) is 0 Å². The van der Waals surface area contributed by atoms with Crippen LogP contribution in [0.5, 0.6) is 0 Å². The van der Waals surface area contributed by atoms with E-state index in [1.165, 1.54) is 12.0 Å². The van der Waals surface area contributed by atoms with Crippen molar-refractivity contribution in [1.29, 1.82) is 0 Å². The molecule has 1 N–H and O–H groups in total. The number of piperazine rings is 1. The topological polar surface area (TPSA) is 15.3 Å². The molecule has 0 amide bonds. The highest BCUT2D eigenvalue weighted by Gasteiger charge is 2.27. The highest BCUT2D eigenvalue weighted by Crippen LogP contribution is 2.25. The summed E-state index contributed by atoms with van der Waals surface area (Å²) in [4.78, 5) is 2.51. The normalized spacial score (nSPS) is 25.0. The summed E-state index contributed by atoms with van der Waals surface area (Å²) in [6.07, 6.45) is 1.17. The summed E-state index contributed by atoms with van der Waals surface area (Å²) in [5, 5.41) is 3.63. The van der Waals surface area contributed by atoms with E-state index < -0.39 is 0 Å². The average molecular weight is 309 g/mol. The first-order valence-corrected chi connectivity index (χ1v) is 7.35. The van der Waals surface area contributed by atoms with E-state index in [-0.39, 0.29) is 0 Å². The zero-order chi connectivity index (χ0) is 13.0. The first kappa shape index (κ1) is 13.8. The van der Waals surface area contributed by atoms with Gasteiger partial charge in [0.05, 0.1) is 0 Å². The van der Waals surface area contributed by atoms with Crippen LogP contribution < -0.4 is 5.32 Å². The molecule has 1 fully saturated rings. The molecule has 1 heterocycles. The van der Waals surface area contributed by atoms with Crippen LogP contribution in [-0.2, 0) is 0 Å². The molecule has 2 atom stereocenters. The third-order valence-electron chi connectivity index (χ3n) is 3.55. The van der Waals surface area contributed by atoms with Gasteiger partial charge in [0, 0.05) is 36.2 Å². The summed E-state index contributed by atoms with van der Waals surface area (Å²) < 4.78 is 1.06. The Morgan fingerprint density at radius 2 is 2.17 bits per heavy atom. The van der Waals surface area contributed by atoms with Crippen LogP contribution >= 0.6 is 15.9 Å². The predicted octanol–water partition coefficient (Wildman–Crippen LogP) is 3.32. The second kappa shape index (κ2) is 6.50. The van der Waals surface area contributed by atoms with Crippen LogP contribution in [0.3, 0.4) is 0 Å². The second-order valence-corrected chi connectivity index (χ2v) is 6.01. The maximum atomic E-state index is 3.98. The molecule has 1 aliphatic rings. The fourth-order valence-electron chi connectivity index (χ4n) is 2.55. The fourth-order valence-corrected chi connectivity index (χ4v) is 2.88. The van der Waals surface area contributed by atoms with Crippen molar-refractivity contribution >= 4 is 15.9 Å². The van der Waals surface area contributed by atoms with Gasteiger partial charge in [-0.3, -0.25) is 4.90 Å². The number of halogens is 1. The van der Waals surface area contributed by atoms with Gasteiger partial charge in [-0.25, -0.2) is 0 Å². The minimum Gasteiger partial charge on any atom is -0.311 e. The van der Waals surface area contributed by atoms with Gasteiger partial charge in [-0.05, 0) is 12.0 Å². The largest absolute Gasteiger partial charge is 0.311 e. The molecular weight excluding hydrogens is 288 g/mol. The molecule has 0 bridgehead atoms. The Labute approximate surface area is 118 Å². The molecule has 0 saturated carbocycles. The highest BCUT2D eigenvalue weighted by atomic mass is 79.9. The number of nitrogens with one attached hydrogen (secondary N) is 1. The lowest BCUT2D eigenvalue weighted by atomic mass is 10.00. The lowest BCUT2D eigenvalue weighted by Crippen LogP contribution is -2.52. The van der Waals surface area contributed by atoms with E-state index >= 15 is 0 Å². The van der Waals surface area contributed by atoms with Gasteiger partial charge in [-0.1, -0.05) is 59.8 Å². The second-order valence-electron chi connectivity index (χ2n) is 4.89. The minimum absolute atomic E-state index is 0.447. The van der Waals surface area contributed by atoms with Crippen LogP contribution in [0, 0.1) is 0 Å². The van der Waals surface area contributed by atoms with Gasteiger partial charge in [0.25, 0.3) is 0 Å². The first-order valence-electron chi connectivity index (χ1n) is 6.56. The monoisotopic (exact) mass is 308 g/mol. The quantitative estimate of drug-likeness (QED) is 0.918. The van der Waals surface area contributed by atoms with Crippen molar-refractivity contribution in [2.45, 2.75) is 25.4 Å². The molecule has 1 saturated heterocycles. The Kier molecular flexibility index (Phi) is 4.98. The van der Waals surface area contributed by atoms with Gasteiger partial charge in [-0.15, -0.1) is 0 Å². The van der Waals surface area contributed by atoms with Gasteiger partial charge in [0.1, 0.15) is 0 Å². The Morgan fingerprint density at radius 3 is 2.78 bits per heavy atom. The van der Waals surface area contributed by atoms with Crippen LogP contribution in [0.15, 0.2) is 41.4 Å². The highest BCUT2D eigenvalue weighted by molar-refractivity contribution is 9.11. The Hall–Kier alpha value is -0.640. The summed E-state index contributed by atoms with van der Waals surface area (Å²) in [6.45, 7) is 9.24. The van der Waals surface area contributed by atoms with Crippen LogP contribution in [-0.4, -0.2) is 30.6 Å². The molecular formula is C15H21BrN2. The van der Waals surface area contributed by atoms with E-state index in [0.29, 0.717) is 12.1 Å². The Balaban J connectivity index is 2.14. The summed E-state index contributed by atoms with van der Waals surface area (Å²) in [5.74, 6) is 0. The molecule has 98 valence electrons. The van der Waals surface area contributed by atoms with Crippen molar-refractivity contribution in [2.24, 2.45) is 0 Å². The van der Waals surface area contributed by atoms with Crippen molar-refractivity contribution in [3.05, 3.63) is 47.0 Å². The molecule has 2 rings (SSSR count). The molecule has 0 spiro atoms. The average Bonchev–Trinajstić information content (AvgIpc) is 2.39. The van der Waals surface area contributed by atoms with Gasteiger partial charge >= 0.3 is 0 Å². The zero-order valence-corrected chi connectivity index (χ0v) is 12.5. The van der Waals surface area contributed by atoms with Crippen molar-refractivity contribution in [3.8, 4) is 0 Å². The Bertz CT molecular complexity index is 391. The van der Waals surface area contributed by atoms with Gasteiger partial charge in [0.2, 0.25) is 0 Å². The minimum atomic E-state index is 0.447. The molecule has 2 unspecified atom stereocenters. The number of hydrogen-bond donors (Lipinski definition) is 1. The molecule has 1 aromatic rings. The molecule has 1 aromatic carbocycles. The van der Waals surface area contributed by atoms with E-state index in [1.54, 1.807) is 0 Å². The summed E-state index contributed by atoms with van der Waals surface area (Å²) in [5.41, 5.74) is 1.38. The van der Waals surface area contributed by atoms with E-state index in [0.717, 1.165) is 24.1 Å². The van der Waals surface area contributed by atoms with Gasteiger partial charge in [-0.2, -0.15) is 0 Å². The van der Waals surface area contributed by atoms with Crippen molar-refractivity contribution in [2.75, 3.05) is 19.6 Å². The lowest BCUT2D eigenvalue weighted by molar-refractivity contribution is 0.143. The SMILES string of the molecule is C=C(Br)CN1CC(CC)NCC1c1ccccc1. The van der Waals surface area contributed by atoms with Gasteiger partial charge in [0.15, 0.2) is 0 Å². The molecule has 3 heteroatoms. The third-order valence-corrected chi connectivity index (χ3v) is 3.80. The van der Waals surface area contributed by atoms with Crippen LogP contribution in [0.4, 0.5) is 0 Å². The van der Waals surface area contributed by atoms with E-state index in [1.807, 2.05) is 0 Å². The van der Waals surface area contributed by atoms with E-state index in [2.05, 4.69) is 70.0 Å². The van der Waals surface area contributed by atoms with E-state index in [9.17, 15) is 0 Å². The number of benzene rings is 1. The van der Waals surface area contributed by atoms with Crippen molar-refractivity contribution in [3.63, 3.8) is 0 Å². The number of rotatable bonds is 4. The maximum Gasteiger partial charge on any atom is 0.0477 e. The van der Waals surface area contributed by atoms with Crippen LogP contribution in [0.2, 0.25) is 0 Å². The number of hydrogen-bond acceptors (Lipinski definition) is 2. The zero-order valence-electron chi connectivity index (χ0n) is 10.9. The standard InChI is InChI=1S/C15H21BrN2/c1-3-14-11-18(10-12(2)16)15(9-17-14)13-7-5-4-6-8-13/h4-8,14-15,17H,2-3,9-11H2,1H3. The van der Waals surface area contributed by atoms with Gasteiger partial charge < -0.3 is 5.32 Å². The van der Waals surface area contributed by atoms with Crippen LogP contribution in [0.1, 0.15) is 24.9 Å². The van der Waals surface area contributed by atoms with E-state index in [4.69, 9.17) is 0 Å². The molecule has 0 aromatic heterocycles. The Morgan fingerprint density at radius 1 is 1.44 bits per heavy atom. The molecule has 18 heavy (non-hydrogen) atoms. The number of nitrogens with zero attached hydrogens (tertiary/aromatic N) is 1. The molecule has 0 radical (unpaired) electrons. The lowest BCUT2D eigenvalue weighted by Gasteiger charge is -2.40. The molecule has 0 aliphatic carbocycles. The predicted molar refractivity (Wildman–Crippen MR) is 80.9 cm³/mol.